The van der Waals surface area contributed by atoms with Crippen molar-refractivity contribution in [2.45, 2.75) is 61.4 Å². The summed E-state index contributed by atoms with van der Waals surface area (Å²) in [4.78, 5) is 0. The molecule has 0 fully saturated rings. The van der Waals surface area contributed by atoms with Crippen molar-refractivity contribution < 1.29 is 13.3 Å². The molecule has 4 heteroatoms. The molecule has 1 atom stereocenters. The highest BCUT2D eigenvalue weighted by atomic mass is 28.4. The summed E-state index contributed by atoms with van der Waals surface area (Å²) in [5, 5.41) is 0. The van der Waals surface area contributed by atoms with Gasteiger partial charge in [-0.2, -0.15) is 0 Å². The summed E-state index contributed by atoms with van der Waals surface area (Å²) < 4.78 is 18.0. The monoisotopic (exact) mass is 304 g/mol. The van der Waals surface area contributed by atoms with Gasteiger partial charge in [-0.3, -0.25) is 0 Å². The van der Waals surface area contributed by atoms with Gasteiger partial charge in [0.15, 0.2) is 0 Å². The third-order valence-corrected chi connectivity index (χ3v) is 7.19. The summed E-state index contributed by atoms with van der Waals surface area (Å²) in [6, 6.07) is 0.920. The van der Waals surface area contributed by atoms with Crippen molar-refractivity contribution in [1.82, 2.24) is 0 Å². The molecule has 0 bridgehead atoms. The van der Waals surface area contributed by atoms with Crippen molar-refractivity contribution in [2.24, 2.45) is 23.7 Å². The van der Waals surface area contributed by atoms with Crippen LogP contribution in [-0.4, -0.2) is 28.6 Å². The van der Waals surface area contributed by atoms with Crippen molar-refractivity contribution in [3.63, 3.8) is 0 Å². The summed E-state index contributed by atoms with van der Waals surface area (Å²) in [5.41, 5.74) is 0. The van der Waals surface area contributed by atoms with Gasteiger partial charge in [0.05, 0.1) is 0 Å². The molecule has 0 heterocycles. The molecule has 20 heavy (non-hydrogen) atoms. The van der Waals surface area contributed by atoms with Gasteiger partial charge in [-0.1, -0.05) is 34.6 Å². The maximum absolute atomic E-state index is 5.99. The van der Waals surface area contributed by atoms with Crippen molar-refractivity contribution in [3.8, 4) is 0 Å². The molecule has 0 saturated heterocycles. The Kier molecular flexibility index (Phi) is 9.98. The van der Waals surface area contributed by atoms with Gasteiger partial charge < -0.3 is 13.3 Å². The summed E-state index contributed by atoms with van der Waals surface area (Å²) in [6.45, 7) is 19.6. The molecule has 0 aromatic rings. The molecule has 3 nitrogen and oxygen atoms in total. The first-order valence-electron chi connectivity index (χ1n) is 8.25. The van der Waals surface area contributed by atoms with Gasteiger partial charge >= 0.3 is 8.80 Å². The first kappa shape index (κ1) is 20.1. The molecule has 0 aromatic carbocycles. The van der Waals surface area contributed by atoms with Gasteiger partial charge in [0.25, 0.3) is 0 Å². The Hall–Kier alpha value is 0.0969. The second-order valence-corrected chi connectivity index (χ2v) is 8.87. The molecule has 0 radical (unpaired) electrons. The van der Waals surface area contributed by atoms with Crippen LogP contribution in [0.15, 0.2) is 0 Å². The van der Waals surface area contributed by atoms with E-state index in [4.69, 9.17) is 13.3 Å². The molecular weight excluding hydrogens is 268 g/mol. The van der Waals surface area contributed by atoms with E-state index in [1.165, 1.54) is 0 Å². The normalized spacial score (nSPS) is 14.6. The van der Waals surface area contributed by atoms with Gasteiger partial charge in [0, 0.05) is 25.9 Å². The molecular formula is C16H36O3Si. The van der Waals surface area contributed by atoms with Crippen LogP contribution in [0.1, 0.15) is 55.4 Å². The molecule has 0 N–H and O–H groups in total. The summed E-state index contributed by atoms with van der Waals surface area (Å²) in [5.74, 6) is 2.55. The first-order chi connectivity index (χ1) is 9.33. The van der Waals surface area contributed by atoms with Gasteiger partial charge in [0.2, 0.25) is 0 Å². The second-order valence-electron chi connectivity index (χ2n) is 6.23. The Morgan fingerprint density at radius 2 is 1.05 bits per heavy atom. The van der Waals surface area contributed by atoms with E-state index in [0.717, 1.165) is 6.04 Å². The number of hydrogen-bond donors (Lipinski definition) is 0. The molecule has 0 rings (SSSR count). The minimum absolute atomic E-state index is 0.548. The molecule has 1 unspecified atom stereocenters. The predicted octanol–water partition coefficient (Wildman–Crippen LogP) is 4.60. The average Bonchev–Trinajstić information content (AvgIpc) is 2.28. The molecule has 122 valence electrons. The van der Waals surface area contributed by atoms with Crippen LogP contribution in [0, 0.1) is 23.7 Å². The topological polar surface area (TPSA) is 27.7 Å². The van der Waals surface area contributed by atoms with Crippen LogP contribution in [0.3, 0.4) is 0 Å². The third-order valence-electron chi connectivity index (χ3n) is 3.86. The zero-order valence-electron chi connectivity index (χ0n) is 14.9. The highest BCUT2D eigenvalue weighted by molar-refractivity contribution is 6.60. The maximum atomic E-state index is 5.99. The van der Waals surface area contributed by atoms with Gasteiger partial charge in [-0.25, -0.2) is 0 Å². The van der Waals surface area contributed by atoms with E-state index in [1.807, 2.05) is 20.8 Å². The SMILES string of the molecule is CCO[Si](CC(C)C(C(C)C)C(C)C)(OCC)OCC. The van der Waals surface area contributed by atoms with Crippen molar-refractivity contribution in [1.29, 1.82) is 0 Å². The van der Waals surface area contributed by atoms with E-state index in [0.29, 0.717) is 43.5 Å². The van der Waals surface area contributed by atoms with Crippen LogP contribution < -0.4 is 0 Å². The fourth-order valence-corrected chi connectivity index (χ4v) is 6.56. The largest absolute Gasteiger partial charge is 0.501 e. The highest BCUT2D eigenvalue weighted by Crippen LogP contribution is 2.34. The zero-order chi connectivity index (χ0) is 15.8. The smallest absolute Gasteiger partial charge is 0.374 e. The Bertz CT molecular complexity index is 219. The van der Waals surface area contributed by atoms with Crippen LogP contribution in [0.4, 0.5) is 0 Å². The molecule has 0 aromatic heterocycles. The second kappa shape index (κ2) is 9.93. The average molecular weight is 305 g/mol. The first-order valence-corrected chi connectivity index (χ1v) is 10.2. The molecule has 0 aliphatic carbocycles. The van der Waals surface area contributed by atoms with E-state index >= 15 is 0 Å². The lowest BCUT2D eigenvalue weighted by molar-refractivity contribution is 0.0607. The standard InChI is InChI=1S/C16H36O3Si/c1-9-17-20(18-10-2,19-11-3)12-15(8)16(13(4)5)14(6)7/h13-16H,9-12H2,1-8H3. The lowest BCUT2D eigenvalue weighted by atomic mass is 9.77. The van der Waals surface area contributed by atoms with Gasteiger partial charge in [0.1, 0.15) is 0 Å². The van der Waals surface area contributed by atoms with Crippen LogP contribution >= 0.6 is 0 Å². The molecule has 0 spiro atoms. The molecule has 0 aliphatic rings. The van der Waals surface area contributed by atoms with E-state index in [2.05, 4.69) is 34.6 Å². The Balaban J connectivity index is 5.01. The minimum atomic E-state index is -2.51. The highest BCUT2D eigenvalue weighted by Gasteiger charge is 2.44. The predicted molar refractivity (Wildman–Crippen MR) is 87.8 cm³/mol. The van der Waals surface area contributed by atoms with Crippen LogP contribution in [-0.2, 0) is 13.3 Å². The van der Waals surface area contributed by atoms with Crippen molar-refractivity contribution in [2.75, 3.05) is 19.8 Å². The fraction of sp³-hybridized carbons (Fsp3) is 1.00. The Morgan fingerprint density at radius 1 is 0.700 bits per heavy atom. The van der Waals surface area contributed by atoms with Crippen LogP contribution in [0.25, 0.3) is 0 Å². The minimum Gasteiger partial charge on any atom is -0.374 e. The Morgan fingerprint density at radius 3 is 1.30 bits per heavy atom. The van der Waals surface area contributed by atoms with Crippen molar-refractivity contribution in [3.05, 3.63) is 0 Å². The van der Waals surface area contributed by atoms with Gasteiger partial charge in [-0.05, 0) is 44.4 Å². The molecule has 0 aliphatic heterocycles. The molecule has 0 saturated carbocycles. The lowest BCUT2D eigenvalue weighted by Crippen LogP contribution is -2.48. The van der Waals surface area contributed by atoms with E-state index < -0.39 is 8.80 Å². The van der Waals surface area contributed by atoms with E-state index in [1.54, 1.807) is 0 Å². The van der Waals surface area contributed by atoms with E-state index in [9.17, 15) is 0 Å². The van der Waals surface area contributed by atoms with E-state index in [-0.39, 0.29) is 0 Å². The number of hydrogen-bond acceptors (Lipinski definition) is 3. The fourth-order valence-electron chi connectivity index (χ4n) is 3.58. The van der Waals surface area contributed by atoms with Crippen LogP contribution in [0.2, 0.25) is 6.04 Å². The van der Waals surface area contributed by atoms with Gasteiger partial charge in [-0.15, -0.1) is 0 Å². The summed E-state index contributed by atoms with van der Waals surface area (Å²) in [7, 11) is -2.51. The Labute approximate surface area is 127 Å². The summed E-state index contributed by atoms with van der Waals surface area (Å²) >= 11 is 0. The van der Waals surface area contributed by atoms with Crippen molar-refractivity contribution >= 4 is 8.80 Å². The quantitative estimate of drug-likeness (QED) is 0.522. The zero-order valence-corrected chi connectivity index (χ0v) is 15.9. The lowest BCUT2D eigenvalue weighted by Gasteiger charge is -2.36. The maximum Gasteiger partial charge on any atom is 0.501 e. The summed E-state index contributed by atoms with van der Waals surface area (Å²) in [6.07, 6.45) is 0. The van der Waals surface area contributed by atoms with Crippen LogP contribution in [0.5, 0.6) is 0 Å². The number of rotatable bonds is 11. The third kappa shape index (κ3) is 6.25. The molecule has 0 amide bonds.